The highest BCUT2D eigenvalue weighted by Gasteiger charge is 2.47. The molecular formula is C18H23FN4OS. The topological polar surface area (TPSA) is 47.6 Å². The van der Waals surface area contributed by atoms with Crippen molar-refractivity contribution in [1.29, 1.82) is 0 Å². The number of nitrogens with one attached hydrogen (secondary N) is 2. The van der Waals surface area contributed by atoms with Crippen LogP contribution in [0.2, 0.25) is 0 Å². The maximum absolute atomic E-state index is 13.1. The minimum atomic E-state index is -0.308. The molecule has 1 amide bonds. The zero-order valence-electron chi connectivity index (χ0n) is 14.1. The number of piperidine rings is 1. The van der Waals surface area contributed by atoms with Crippen molar-refractivity contribution >= 4 is 23.2 Å². The van der Waals surface area contributed by atoms with E-state index in [0.717, 1.165) is 36.6 Å². The minimum Gasteiger partial charge on any atom is -0.360 e. The predicted molar refractivity (Wildman–Crippen MR) is 97.2 cm³/mol. The van der Waals surface area contributed by atoms with Crippen LogP contribution in [0.5, 0.6) is 0 Å². The summed E-state index contributed by atoms with van der Waals surface area (Å²) in [5.74, 6) is -0.147. The predicted octanol–water partition coefficient (Wildman–Crippen LogP) is 1.59. The van der Waals surface area contributed by atoms with Crippen molar-refractivity contribution in [2.24, 2.45) is 0 Å². The van der Waals surface area contributed by atoms with Crippen LogP contribution in [0, 0.1) is 5.82 Å². The number of carbonyl (C=O) groups is 1. The quantitative estimate of drug-likeness (QED) is 0.800. The lowest BCUT2D eigenvalue weighted by Gasteiger charge is -2.45. The Balaban J connectivity index is 1.42. The molecule has 2 saturated heterocycles. The number of likely N-dealkylation sites (tertiary alicyclic amines) is 1. The second-order valence-electron chi connectivity index (χ2n) is 7.20. The minimum absolute atomic E-state index is 0.108. The highest BCUT2D eigenvalue weighted by Crippen LogP contribution is 2.32. The molecule has 2 aliphatic heterocycles. The summed E-state index contributed by atoms with van der Waals surface area (Å²) in [6.07, 6.45) is 4.09. The number of halogens is 1. The van der Waals surface area contributed by atoms with Gasteiger partial charge in [-0.2, -0.15) is 0 Å². The zero-order valence-corrected chi connectivity index (χ0v) is 14.9. The van der Waals surface area contributed by atoms with Gasteiger partial charge in [-0.1, -0.05) is 12.1 Å². The van der Waals surface area contributed by atoms with E-state index in [2.05, 4.69) is 15.5 Å². The number of benzene rings is 1. The second kappa shape index (κ2) is 6.53. The van der Waals surface area contributed by atoms with Crippen LogP contribution in [-0.4, -0.2) is 52.2 Å². The van der Waals surface area contributed by atoms with Crippen molar-refractivity contribution < 1.29 is 9.18 Å². The Morgan fingerprint density at radius 3 is 2.60 bits per heavy atom. The van der Waals surface area contributed by atoms with Crippen LogP contribution in [0.25, 0.3) is 0 Å². The van der Waals surface area contributed by atoms with Gasteiger partial charge in [0, 0.05) is 38.5 Å². The van der Waals surface area contributed by atoms with Gasteiger partial charge in [0.15, 0.2) is 5.11 Å². The van der Waals surface area contributed by atoms with Gasteiger partial charge in [0.25, 0.3) is 0 Å². The average molecular weight is 362 g/mol. The van der Waals surface area contributed by atoms with Crippen molar-refractivity contribution in [1.82, 2.24) is 20.4 Å². The number of amides is 1. The molecule has 1 saturated carbocycles. The monoisotopic (exact) mass is 362 g/mol. The molecule has 7 heteroatoms. The van der Waals surface area contributed by atoms with E-state index in [1.807, 2.05) is 4.90 Å². The summed E-state index contributed by atoms with van der Waals surface area (Å²) in [7, 11) is 0. The van der Waals surface area contributed by atoms with E-state index in [1.54, 1.807) is 12.1 Å². The van der Waals surface area contributed by atoms with Crippen LogP contribution in [0.4, 0.5) is 4.39 Å². The summed E-state index contributed by atoms with van der Waals surface area (Å²) in [5, 5.41) is 7.66. The molecule has 2 N–H and O–H groups in total. The third-order valence-corrected chi connectivity index (χ3v) is 5.80. The Hall–Kier alpha value is -1.73. The van der Waals surface area contributed by atoms with E-state index in [-0.39, 0.29) is 17.4 Å². The Morgan fingerprint density at radius 2 is 1.96 bits per heavy atom. The molecule has 5 nitrogen and oxygen atoms in total. The first-order valence-electron chi connectivity index (χ1n) is 8.91. The average Bonchev–Trinajstić information content (AvgIpc) is 3.38. The third-order valence-electron chi connectivity index (χ3n) is 5.42. The highest BCUT2D eigenvalue weighted by molar-refractivity contribution is 7.80. The number of carbonyl (C=O) groups excluding carboxylic acids is 1. The Bertz CT molecular complexity index is 668. The number of hydrogen-bond acceptors (Lipinski definition) is 3. The van der Waals surface area contributed by atoms with E-state index in [9.17, 15) is 9.18 Å². The summed E-state index contributed by atoms with van der Waals surface area (Å²) >= 11 is 5.50. The molecule has 25 heavy (non-hydrogen) atoms. The molecule has 3 fully saturated rings. The van der Waals surface area contributed by atoms with Crippen molar-refractivity contribution in [2.45, 2.75) is 43.9 Å². The lowest BCUT2D eigenvalue weighted by atomic mass is 9.95. The molecule has 134 valence electrons. The Kier molecular flexibility index (Phi) is 4.37. The van der Waals surface area contributed by atoms with Gasteiger partial charge in [0.2, 0.25) is 5.91 Å². The maximum Gasteiger partial charge on any atom is 0.238 e. The summed E-state index contributed by atoms with van der Waals surface area (Å²) in [4.78, 5) is 16.6. The lowest BCUT2D eigenvalue weighted by molar-refractivity contribution is -0.132. The summed E-state index contributed by atoms with van der Waals surface area (Å²) in [6, 6.07) is 6.95. The number of thiocarbonyl (C=S) groups is 1. The Labute approximate surface area is 152 Å². The van der Waals surface area contributed by atoms with E-state index in [1.165, 1.54) is 25.0 Å². The fourth-order valence-electron chi connectivity index (χ4n) is 3.70. The van der Waals surface area contributed by atoms with E-state index in [0.29, 0.717) is 19.1 Å². The highest BCUT2D eigenvalue weighted by atomic mass is 32.1. The van der Waals surface area contributed by atoms with E-state index >= 15 is 0 Å². The van der Waals surface area contributed by atoms with Gasteiger partial charge in [0.1, 0.15) is 5.82 Å². The molecule has 2 heterocycles. The van der Waals surface area contributed by atoms with Crippen molar-refractivity contribution in [3.8, 4) is 0 Å². The van der Waals surface area contributed by atoms with Crippen LogP contribution >= 0.6 is 12.2 Å². The molecule has 1 aromatic carbocycles. The molecule has 0 bridgehead atoms. The standard InChI is InChI=1S/C18H23FN4OS/c19-14-3-1-13(2-4-14)12-23-16(24)11-20-18(23)7-9-22(10-8-18)17(25)21-15-5-6-15/h1-4,15,20H,5-12H2,(H,21,25). The van der Waals surface area contributed by atoms with Crippen molar-refractivity contribution in [2.75, 3.05) is 19.6 Å². The number of rotatable bonds is 3. The van der Waals surface area contributed by atoms with Crippen LogP contribution in [0.1, 0.15) is 31.2 Å². The van der Waals surface area contributed by atoms with Gasteiger partial charge < -0.3 is 15.1 Å². The fraction of sp³-hybridized carbons (Fsp3) is 0.556. The first kappa shape index (κ1) is 16.7. The largest absolute Gasteiger partial charge is 0.360 e. The zero-order chi connectivity index (χ0) is 17.4. The van der Waals surface area contributed by atoms with E-state index < -0.39 is 0 Å². The molecule has 0 aromatic heterocycles. The summed E-state index contributed by atoms with van der Waals surface area (Å²) < 4.78 is 13.1. The van der Waals surface area contributed by atoms with Gasteiger partial charge in [0.05, 0.1) is 12.2 Å². The van der Waals surface area contributed by atoms with Gasteiger partial charge in [-0.05, 0) is 42.8 Å². The van der Waals surface area contributed by atoms with Crippen molar-refractivity contribution in [3.63, 3.8) is 0 Å². The molecule has 0 atom stereocenters. The molecule has 4 rings (SSSR count). The molecule has 0 unspecified atom stereocenters. The first-order chi connectivity index (χ1) is 12.1. The molecule has 0 radical (unpaired) electrons. The number of nitrogens with zero attached hydrogens (tertiary/aromatic N) is 2. The smallest absolute Gasteiger partial charge is 0.238 e. The van der Waals surface area contributed by atoms with Gasteiger partial charge in [-0.25, -0.2) is 4.39 Å². The normalized spacial score (nSPS) is 22.5. The summed E-state index contributed by atoms with van der Waals surface area (Å²) in [5.41, 5.74) is 0.642. The third kappa shape index (κ3) is 3.48. The summed E-state index contributed by atoms with van der Waals surface area (Å²) in [6.45, 7) is 2.54. The lowest BCUT2D eigenvalue weighted by Crippen LogP contribution is -2.59. The van der Waals surface area contributed by atoms with Crippen molar-refractivity contribution in [3.05, 3.63) is 35.6 Å². The molecular weight excluding hydrogens is 339 g/mol. The molecule has 1 aromatic rings. The van der Waals surface area contributed by atoms with Gasteiger partial charge in [-0.15, -0.1) is 0 Å². The SMILES string of the molecule is O=C1CNC2(CCN(C(=S)NC3CC3)CC2)N1Cc1ccc(F)cc1. The molecule has 1 spiro atoms. The van der Waals surface area contributed by atoms with Crippen LogP contribution in [0.15, 0.2) is 24.3 Å². The van der Waals surface area contributed by atoms with Crippen LogP contribution < -0.4 is 10.6 Å². The second-order valence-corrected chi connectivity index (χ2v) is 7.59. The molecule has 1 aliphatic carbocycles. The van der Waals surface area contributed by atoms with Crippen LogP contribution in [0.3, 0.4) is 0 Å². The maximum atomic E-state index is 13.1. The Morgan fingerprint density at radius 1 is 1.28 bits per heavy atom. The van der Waals surface area contributed by atoms with Gasteiger partial charge in [-0.3, -0.25) is 10.1 Å². The number of hydrogen-bond donors (Lipinski definition) is 2. The van der Waals surface area contributed by atoms with Gasteiger partial charge >= 0.3 is 0 Å². The first-order valence-corrected chi connectivity index (χ1v) is 9.32. The van der Waals surface area contributed by atoms with Crippen LogP contribution in [-0.2, 0) is 11.3 Å². The fourth-order valence-corrected chi connectivity index (χ4v) is 4.05. The van der Waals surface area contributed by atoms with E-state index in [4.69, 9.17) is 12.2 Å². The molecule has 3 aliphatic rings.